The number of benzene rings is 4. The summed E-state index contributed by atoms with van der Waals surface area (Å²) in [6, 6.07) is 28.9. The standard InChI is InChI=1S/C29H23BrN2O3/c1-2-34-27-16-23(26(30)17-28(27)35-19-20-8-4-3-5-9-20)14-24(18-31)29(33)32-25-13-12-21-10-6-7-11-22(21)15-25/h3-17H,2,19H2,1H3,(H,32,33)/b24-14+. The Morgan fingerprint density at radius 3 is 2.40 bits per heavy atom. The van der Waals surface area contributed by atoms with E-state index in [-0.39, 0.29) is 5.57 Å². The maximum atomic E-state index is 12.9. The van der Waals surface area contributed by atoms with E-state index >= 15 is 0 Å². The first kappa shape index (κ1) is 24.1. The number of hydrogen-bond donors (Lipinski definition) is 1. The Labute approximate surface area is 212 Å². The predicted molar refractivity (Wildman–Crippen MR) is 142 cm³/mol. The van der Waals surface area contributed by atoms with Gasteiger partial charge in [0.1, 0.15) is 18.2 Å². The van der Waals surface area contributed by atoms with Crippen LogP contribution in [-0.4, -0.2) is 12.5 Å². The van der Waals surface area contributed by atoms with Crippen LogP contribution in [0, 0.1) is 11.3 Å². The quantitative estimate of drug-likeness (QED) is 0.196. The van der Waals surface area contributed by atoms with E-state index in [1.165, 1.54) is 6.08 Å². The number of carbonyl (C=O) groups is 1. The van der Waals surface area contributed by atoms with E-state index in [4.69, 9.17) is 9.47 Å². The fraction of sp³-hybridized carbons (Fsp3) is 0.103. The van der Waals surface area contributed by atoms with Crippen LogP contribution >= 0.6 is 15.9 Å². The molecule has 6 heteroatoms. The third-order valence-corrected chi connectivity index (χ3v) is 5.96. The number of halogens is 1. The molecule has 0 heterocycles. The zero-order valence-electron chi connectivity index (χ0n) is 19.1. The molecule has 0 aliphatic carbocycles. The number of carbonyl (C=O) groups excluding carboxylic acids is 1. The molecule has 1 N–H and O–H groups in total. The minimum Gasteiger partial charge on any atom is -0.490 e. The smallest absolute Gasteiger partial charge is 0.266 e. The zero-order valence-corrected chi connectivity index (χ0v) is 20.7. The Hall–Kier alpha value is -4.08. The van der Waals surface area contributed by atoms with E-state index in [0.717, 1.165) is 16.3 Å². The van der Waals surface area contributed by atoms with Crippen molar-refractivity contribution >= 4 is 44.4 Å². The highest BCUT2D eigenvalue weighted by Gasteiger charge is 2.14. The van der Waals surface area contributed by atoms with Crippen LogP contribution in [0.1, 0.15) is 18.1 Å². The van der Waals surface area contributed by atoms with Crippen LogP contribution in [0.2, 0.25) is 0 Å². The van der Waals surface area contributed by atoms with Gasteiger partial charge < -0.3 is 14.8 Å². The average molecular weight is 527 g/mol. The van der Waals surface area contributed by atoms with Crippen LogP contribution in [0.5, 0.6) is 11.5 Å². The summed E-state index contributed by atoms with van der Waals surface area (Å²) in [5.74, 6) is 0.612. The molecule has 174 valence electrons. The second kappa shape index (κ2) is 11.4. The van der Waals surface area contributed by atoms with Crippen molar-refractivity contribution in [1.82, 2.24) is 0 Å². The van der Waals surface area contributed by atoms with Gasteiger partial charge in [-0.1, -0.05) is 76.6 Å². The summed E-state index contributed by atoms with van der Waals surface area (Å²) >= 11 is 3.54. The molecule has 0 saturated heterocycles. The number of nitriles is 1. The first-order chi connectivity index (χ1) is 17.1. The molecule has 0 aromatic heterocycles. The molecule has 5 nitrogen and oxygen atoms in total. The zero-order chi connectivity index (χ0) is 24.6. The molecular weight excluding hydrogens is 504 g/mol. The third-order valence-electron chi connectivity index (χ3n) is 5.27. The van der Waals surface area contributed by atoms with Crippen molar-refractivity contribution in [3.8, 4) is 17.6 Å². The summed E-state index contributed by atoms with van der Waals surface area (Å²) < 4.78 is 12.4. The Morgan fingerprint density at radius 2 is 1.66 bits per heavy atom. The number of rotatable bonds is 8. The molecule has 0 aliphatic rings. The van der Waals surface area contributed by atoms with Crippen LogP contribution in [-0.2, 0) is 11.4 Å². The fourth-order valence-corrected chi connectivity index (χ4v) is 3.98. The van der Waals surface area contributed by atoms with Crippen molar-refractivity contribution < 1.29 is 14.3 Å². The fourth-order valence-electron chi connectivity index (χ4n) is 3.55. The Morgan fingerprint density at radius 1 is 0.943 bits per heavy atom. The van der Waals surface area contributed by atoms with Gasteiger partial charge in [-0.3, -0.25) is 4.79 Å². The molecule has 0 atom stereocenters. The number of amides is 1. The van der Waals surface area contributed by atoms with Gasteiger partial charge in [0, 0.05) is 10.2 Å². The second-order valence-corrected chi connectivity index (χ2v) is 8.57. The number of hydrogen-bond acceptors (Lipinski definition) is 4. The molecule has 0 radical (unpaired) electrons. The summed E-state index contributed by atoms with van der Waals surface area (Å²) in [5, 5.41) is 14.6. The van der Waals surface area contributed by atoms with E-state index in [1.54, 1.807) is 12.1 Å². The van der Waals surface area contributed by atoms with E-state index in [2.05, 4.69) is 21.2 Å². The first-order valence-corrected chi connectivity index (χ1v) is 11.9. The monoisotopic (exact) mass is 526 g/mol. The van der Waals surface area contributed by atoms with Gasteiger partial charge in [-0.15, -0.1) is 0 Å². The lowest BCUT2D eigenvalue weighted by atomic mass is 10.1. The molecule has 0 bridgehead atoms. The average Bonchev–Trinajstić information content (AvgIpc) is 2.88. The molecule has 35 heavy (non-hydrogen) atoms. The third kappa shape index (κ3) is 6.08. The van der Waals surface area contributed by atoms with Gasteiger partial charge in [0.2, 0.25) is 0 Å². The largest absolute Gasteiger partial charge is 0.490 e. The molecule has 4 rings (SSSR count). The molecule has 0 saturated carbocycles. The lowest BCUT2D eigenvalue weighted by Crippen LogP contribution is -2.13. The van der Waals surface area contributed by atoms with Crippen molar-refractivity contribution in [1.29, 1.82) is 5.26 Å². The number of fused-ring (bicyclic) bond motifs is 1. The molecule has 4 aromatic rings. The van der Waals surface area contributed by atoms with Gasteiger partial charge in [-0.25, -0.2) is 0 Å². The first-order valence-electron chi connectivity index (χ1n) is 11.1. The summed E-state index contributed by atoms with van der Waals surface area (Å²) in [7, 11) is 0. The molecule has 4 aromatic carbocycles. The number of nitrogens with zero attached hydrogens (tertiary/aromatic N) is 1. The van der Waals surface area contributed by atoms with Crippen molar-refractivity contribution in [2.24, 2.45) is 0 Å². The van der Waals surface area contributed by atoms with Gasteiger partial charge in [0.15, 0.2) is 11.5 Å². The molecular formula is C29H23BrN2O3. The van der Waals surface area contributed by atoms with Gasteiger partial charge in [-0.2, -0.15) is 5.26 Å². The number of nitrogens with one attached hydrogen (secondary N) is 1. The maximum Gasteiger partial charge on any atom is 0.266 e. The maximum absolute atomic E-state index is 12.9. The molecule has 1 amide bonds. The second-order valence-electron chi connectivity index (χ2n) is 7.71. The normalized spacial score (nSPS) is 11.1. The summed E-state index contributed by atoms with van der Waals surface area (Å²) in [6.45, 7) is 2.72. The van der Waals surface area contributed by atoms with Crippen LogP contribution in [0.25, 0.3) is 16.8 Å². The Balaban J connectivity index is 1.57. The van der Waals surface area contributed by atoms with Gasteiger partial charge in [-0.05, 0) is 59.2 Å². The molecule has 0 spiro atoms. The predicted octanol–water partition coefficient (Wildman–Crippen LogP) is 7.13. The lowest BCUT2D eigenvalue weighted by molar-refractivity contribution is -0.112. The van der Waals surface area contributed by atoms with Crippen molar-refractivity contribution in [3.63, 3.8) is 0 Å². The van der Waals surface area contributed by atoms with Crippen LogP contribution in [0.15, 0.2) is 95.0 Å². The highest BCUT2D eigenvalue weighted by Crippen LogP contribution is 2.35. The van der Waals surface area contributed by atoms with E-state index in [9.17, 15) is 10.1 Å². The lowest BCUT2D eigenvalue weighted by Gasteiger charge is -2.14. The van der Waals surface area contributed by atoms with Gasteiger partial charge >= 0.3 is 0 Å². The van der Waals surface area contributed by atoms with E-state index < -0.39 is 5.91 Å². The van der Waals surface area contributed by atoms with Gasteiger partial charge in [0.05, 0.1) is 6.61 Å². The van der Waals surface area contributed by atoms with Crippen LogP contribution in [0.3, 0.4) is 0 Å². The van der Waals surface area contributed by atoms with Crippen molar-refractivity contribution in [2.45, 2.75) is 13.5 Å². The summed E-state index contributed by atoms with van der Waals surface area (Å²) in [4.78, 5) is 12.9. The van der Waals surface area contributed by atoms with Crippen molar-refractivity contribution in [3.05, 3.63) is 106 Å². The Kier molecular flexibility index (Phi) is 7.81. The van der Waals surface area contributed by atoms with Crippen LogP contribution < -0.4 is 14.8 Å². The molecule has 0 unspecified atom stereocenters. The number of anilines is 1. The summed E-state index contributed by atoms with van der Waals surface area (Å²) in [6.07, 6.45) is 1.53. The Bertz CT molecular complexity index is 1430. The van der Waals surface area contributed by atoms with E-state index in [0.29, 0.717) is 40.4 Å². The van der Waals surface area contributed by atoms with Gasteiger partial charge in [0.25, 0.3) is 5.91 Å². The SMILES string of the molecule is CCOc1cc(/C=C(\C#N)C(=O)Nc2ccc3ccccc3c2)c(Br)cc1OCc1ccccc1. The van der Waals surface area contributed by atoms with E-state index in [1.807, 2.05) is 85.8 Å². The summed E-state index contributed by atoms with van der Waals surface area (Å²) in [5.41, 5.74) is 2.26. The van der Waals surface area contributed by atoms with Crippen LogP contribution in [0.4, 0.5) is 5.69 Å². The van der Waals surface area contributed by atoms with Crippen molar-refractivity contribution in [2.75, 3.05) is 11.9 Å². The molecule has 0 aliphatic heterocycles. The topological polar surface area (TPSA) is 71.3 Å². The number of ether oxygens (including phenoxy) is 2. The highest BCUT2D eigenvalue weighted by molar-refractivity contribution is 9.10. The minimum atomic E-state index is -0.489. The molecule has 0 fully saturated rings. The highest BCUT2D eigenvalue weighted by atomic mass is 79.9. The minimum absolute atomic E-state index is 0.0285.